The molecule has 2 heteroatoms. The van der Waals surface area contributed by atoms with Gasteiger partial charge in [0.15, 0.2) is 0 Å². The van der Waals surface area contributed by atoms with Crippen LogP contribution in [-0.2, 0) is 18.4 Å². The average Bonchev–Trinajstić information content (AvgIpc) is 2.88. The molecule has 2 aromatic rings. The molecule has 2 aliphatic carbocycles. The normalized spacial score (nSPS) is 23.6. The molecule has 0 amide bonds. The first kappa shape index (κ1) is 16.1. The maximum absolute atomic E-state index is 3.69. The zero-order chi connectivity index (χ0) is 16.9. The highest BCUT2D eigenvalue weighted by Crippen LogP contribution is 2.65. The van der Waals surface area contributed by atoms with Crippen LogP contribution in [0.4, 0.5) is 0 Å². The molecule has 1 saturated heterocycles. The van der Waals surface area contributed by atoms with Crippen molar-refractivity contribution >= 4 is 15.9 Å². The Hall–Kier alpha value is -1.12. The van der Waals surface area contributed by atoms with Crippen LogP contribution in [-0.4, -0.2) is 18.0 Å². The number of hydrogen-bond donors (Lipinski definition) is 0. The van der Waals surface area contributed by atoms with E-state index in [0.29, 0.717) is 10.8 Å². The molecule has 25 heavy (non-hydrogen) atoms. The zero-order valence-corrected chi connectivity index (χ0v) is 16.4. The highest BCUT2D eigenvalue weighted by atomic mass is 79.9. The Balaban J connectivity index is 1.40. The lowest BCUT2D eigenvalue weighted by Crippen LogP contribution is -2.53. The van der Waals surface area contributed by atoms with Crippen molar-refractivity contribution in [2.45, 2.75) is 50.5 Å². The Kier molecular flexibility index (Phi) is 3.83. The zero-order valence-electron chi connectivity index (χ0n) is 14.8. The van der Waals surface area contributed by atoms with E-state index in [1.807, 2.05) is 0 Å². The van der Waals surface area contributed by atoms with E-state index in [1.54, 1.807) is 11.1 Å². The molecule has 3 aliphatic rings. The summed E-state index contributed by atoms with van der Waals surface area (Å²) in [7, 11) is 0. The Morgan fingerprint density at radius 3 is 2.36 bits per heavy atom. The average molecular weight is 396 g/mol. The predicted octanol–water partition coefficient (Wildman–Crippen LogP) is 5.71. The minimum Gasteiger partial charge on any atom is -0.299 e. The monoisotopic (exact) mass is 395 g/mol. The second-order valence-electron chi connectivity index (χ2n) is 8.46. The quantitative estimate of drug-likeness (QED) is 0.629. The summed E-state index contributed by atoms with van der Waals surface area (Å²) in [6, 6.07) is 18.1. The summed E-state index contributed by atoms with van der Waals surface area (Å²) in [5, 5.41) is 0. The molecule has 1 aliphatic heterocycles. The topological polar surface area (TPSA) is 3.24 Å². The molecule has 0 atom stereocenters. The van der Waals surface area contributed by atoms with Gasteiger partial charge in [-0.15, -0.1) is 0 Å². The van der Waals surface area contributed by atoms with Crippen LogP contribution in [0.25, 0.3) is 0 Å². The van der Waals surface area contributed by atoms with Gasteiger partial charge in [0.25, 0.3) is 0 Å². The van der Waals surface area contributed by atoms with Crippen molar-refractivity contribution in [1.29, 1.82) is 0 Å². The standard InChI is InChI=1S/C23H26BrN/c24-20-7-8-21-19(15-20)16-22(9-4-10-22)23(21)11-13-25(14-12-23)17-18-5-2-1-3-6-18/h1-3,5-8,15H,4,9-14,16-17H2. The van der Waals surface area contributed by atoms with Crippen molar-refractivity contribution in [3.63, 3.8) is 0 Å². The van der Waals surface area contributed by atoms with Gasteiger partial charge in [-0.05, 0) is 79.4 Å². The molecule has 2 spiro atoms. The van der Waals surface area contributed by atoms with Gasteiger partial charge in [-0.1, -0.05) is 58.7 Å². The van der Waals surface area contributed by atoms with Crippen molar-refractivity contribution in [3.05, 3.63) is 69.7 Å². The van der Waals surface area contributed by atoms with Crippen LogP contribution >= 0.6 is 15.9 Å². The minimum atomic E-state index is 0.453. The molecule has 2 fully saturated rings. The SMILES string of the molecule is Brc1ccc2c(c1)CC1(CCC1)C21CCN(Cc2ccccc2)CC1. The third kappa shape index (κ3) is 2.44. The Morgan fingerprint density at radius 2 is 1.68 bits per heavy atom. The van der Waals surface area contributed by atoms with E-state index < -0.39 is 0 Å². The molecule has 1 nitrogen and oxygen atoms in total. The number of fused-ring (bicyclic) bond motifs is 3. The molecule has 0 aromatic heterocycles. The van der Waals surface area contributed by atoms with Crippen LogP contribution < -0.4 is 0 Å². The molecule has 1 heterocycles. The Morgan fingerprint density at radius 1 is 0.920 bits per heavy atom. The number of nitrogens with zero attached hydrogens (tertiary/aromatic N) is 1. The first-order valence-electron chi connectivity index (χ1n) is 9.76. The van der Waals surface area contributed by atoms with Gasteiger partial charge >= 0.3 is 0 Å². The highest BCUT2D eigenvalue weighted by molar-refractivity contribution is 9.10. The summed E-state index contributed by atoms with van der Waals surface area (Å²) in [5.74, 6) is 0. The lowest BCUT2D eigenvalue weighted by atomic mass is 9.50. The summed E-state index contributed by atoms with van der Waals surface area (Å²) in [4.78, 5) is 2.67. The summed E-state index contributed by atoms with van der Waals surface area (Å²) in [5.41, 5.74) is 5.80. The second-order valence-corrected chi connectivity index (χ2v) is 9.37. The fourth-order valence-electron chi connectivity index (χ4n) is 5.99. The van der Waals surface area contributed by atoms with E-state index in [-0.39, 0.29) is 0 Å². The number of likely N-dealkylation sites (tertiary alicyclic amines) is 1. The van der Waals surface area contributed by atoms with Crippen LogP contribution in [0.3, 0.4) is 0 Å². The van der Waals surface area contributed by atoms with Gasteiger partial charge in [0.1, 0.15) is 0 Å². The van der Waals surface area contributed by atoms with E-state index in [4.69, 9.17) is 0 Å². The summed E-state index contributed by atoms with van der Waals surface area (Å²) < 4.78 is 1.25. The van der Waals surface area contributed by atoms with Crippen LogP contribution in [0, 0.1) is 5.41 Å². The van der Waals surface area contributed by atoms with Crippen molar-refractivity contribution in [2.24, 2.45) is 5.41 Å². The van der Waals surface area contributed by atoms with Gasteiger partial charge in [-0.25, -0.2) is 0 Å². The number of benzene rings is 2. The first-order chi connectivity index (χ1) is 12.2. The van der Waals surface area contributed by atoms with Gasteiger partial charge in [-0.2, -0.15) is 0 Å². The molecule has 0 N–H and O–H groups in total. The first-order valence-corrected chi connectivity index (χ1v) is 10.6. The lowest BCUT2D eigenvalue weighted by molar-refractivity contribution is -0.0105. The summed E-state index contributed by atoms with van der Waals surface area (Å²) in [6.45, 7) is 3.59. The maximum atomic E-state index is 3.69. The van der Waals surface area contributed by atoms with Gasteiger partial charge in [0.2, 0.25) is 0 Å². The van der Waals surface area contributed by atoms with E-state index in [9.17, 15) is 0 Å². The highest BCUT2D eigenvalue weighted by Gasteiger charge is 2.60. The number of halogens is 1. The van der Waals surface area contributed by atoms with Gasteiger partial charge in [-0.3, -0.25) is 4.90 Å². The predicted molar refractivity (Wildman–Crippen MR) is 107 cm³/mol. The molecule has 0 radical (unpaired) electrons. The van der Waals surface area contributed by atoms with Crippen LogP contribution in [0.5, 0.6) is 0 Å². The summed E-state index contributed by atoms with van der Waals surface area (Å²) in [6.07, 6.45) is 8.32. The Labute approximate surface area is 159 Å². The van der Waals surface area contributed by atoms with E-state index >= 15 is 0 Å². The minimum absolute atomic E-state index is 0.453. The van der Waals surface area contributed by atoms with Gasteiger partial charge in [0.05, 0.1) is 0 Å². The lowest BCUT2D eigenvalue weighted by Gasteiger charge is -2.56. The largest absolute Gasteiger partial charge is 0.299 e. The van der Waals surface area contributed by atoms with Crippen molar-refractivity contribution in [1.82, 2.24) is 4.90 Å². The van der Waals surface area contributed by atoms with E-state index in [2.05, 4.69) is 69.4 Å². The van der Waals surface area contributed by atoms with Gasteiger partial charge < -0.3 is 0 Å². The number of rotatable bonds is 2. The molecule has 2 aromatic carbocycles. The van der Waals surface area contributed by atoms with Crippen LogP contribution in [0.2, 0.25) is 0 Å². The van der Waals surface area contributed by atoms with Crippen molar-refractivity contribution in [3.8, 4) is 0 Å². The fourth-order valence-corrected chi connectivity index (χ4v) is 6.40. The second kappa shape index (κ2) is 5.96. The van der Waals surface area contributed by atoms with E-state index in [1.165, 1.54) is 61.7 Å². The van der Waals surface area contributed by atoms with Crippen LogP contribution in [0.15, 0.2) is 53.0 Å². The molecular formula is C23H26BrN. The third-order valence-corrected chi connectivity index (χ3v) is 7.89. The fraction of sp³-hybridized carbons (Fsp3) is 0.478. The Bertz CT molecular complexity index is 770. The number of piperidine rings is 1. The molecule has 0 unspecified atom stereocenters. The molecular weight excluding hydrogens is 370 g/mol. The summed E-state index contributed by atoms with van der Waals surface area (Å²) >= 11 is 3.69. The van der Waals surface area contributed by atoms with Crippen molar-refractivity contribution in [2.75, 3.05) is 13.1 Å². The molecule has 1 saturated carbocycles. The number of hydrogen-bond acceptors (Lipinski definition) is 1. The van der Waals surface area contributed by atoms with Crippen molar-refractivity contribution < 1.29 is 0 Å². The molecule has 0 bridgehead atoms. The maximum Gasteiger partial charge on any atom is 0.0233 e. The van der Waals surface area contributed by atoms with Gasteiger partial charge in [0, 0.05) is 16.4 Å². The third-order valence-electron chi connectivity index (χ3n) is 7.40. The van der Waals surface area contributed by atoms with E-state index in [0.717, 1.165) is 6.54 Å². The molecule has 130 valence electrons. The van der Waals surface area contributed by atoms with Crippen LogP contribution in [0.1, 0.15) is 48.8 Å². The molecule has 5 rings (SSSR count). The smallest absolute Gasteiger partial charge is 0.0233 e.